The number of aryl methyl sites for hydroxylation is 1. The molecule has 9 heteroatoms. The van der Waals surface area contributed by atoms with Crippen LogP contribution in [0.25, 0.3) is 10.6 Å². The Hall–Kier alpha value is -2.78. The molecule has 3 aromatic rings. The fourth-order valence-electron chi connectivity index (χ4n) is 4.12. The van der Waals surface area contributed by atoms with Crippen LogP contribution in [0.5, 0.6) is 0 Å². The van der Waals surface area contributed by atoms with Gasteiger partial charge in [0.05, 0.1) is 35.2 Å². The SMILES string of the molecule is Cc1cc(C(=O)N2CCC3(CC2)OCCc2sc(-c4cnc(N)cn4)cc23)no1. The van der Waals surface area contributed by atoms with Gasteiger partial charge in [0.25, 0.3) is 5.91 Å². The van der Waals surface area contributed by atoms with Gasteiger partial charge in [0, 0.05) is 30.5 Å². The van der Waals surface area contributed by atoms with E-state index >= 15 is 0 Å². The predicted molar refractivity (Wildman–Crippen MR) is 107 cm³/mol. The number of piperidine rings is 1. The smallest absolute Gasteiger partial charge is 0.276 e. The van der Waals surface area contributed by atoms with E-state index < -0.39 is 0 Å². The molecule has 0 unspecified atom stereocenters. The van der Waals surface area contributed by atoms with Gasteiger partial charge in [-0.2, -0.15) is 0 Å². The van der Waals surface area contributed by atoms with Crippen molar-refractivity contribution >= 4 is 23.1 Å². The highest BCUT2D eigenvalue weighted by atomic mass is 32.1. The molecule has 1 fully saturated rings. The summed E-state index contributed by atoms with van der Waals surface area (Å²) >= 11 is 1.74. The van der Waals surface area contributed by atoms with E-state index in [1.165, 1.54) is 10.4 Å². The molecule has 2 aliphatic rings. The van der Waals surface area contributed by atoms with E-state index in [0.29, 0.717) is 37.0 Å². The summed E-state index contributed by atoms with van der Waals surface area (Å²) in [7, 11) is 0. The van der Waals surface area contributed by atoms with Crippen LogP contribution in [0.3, 0.4) is 0 Å². The molecule has 29 heavy (non-hydrogen) atoms. The van der Waals surface area contributed by atoms with E-state index in [1.807, 2.05) is 4.90 Å². The van der Waals surface area contributed by atoms with Crippen LogP contribution in [0.15, 0.2) is 29.0 Å². The normalized spacial score (nSPS) is 18.0. The summed E-state index contributed by atoms with van der Waals surface area (Å²) in [6.07, 6.45) is 5.70. The minimum absolute atomic E-state index is 0.0871. The number of thiophene rings is 1. The molecule has 1 amide bonds. The number of ether oxygens (including phenoxy) is 1. The summed E-state index contributed by atoms with van der Waals surface area (Å²) in [5, 5.41) is 3.86. The average molecular weight is 411 g/mol. The Bertz CT molecular complexity index is 1050. The number of nitrogen functional groups attached to an aromatic ring is 1. The number of nitrogens with zero attached hydrogens (tertiary/aromatic N) is 4. The first-order valence-electron chi connectivity index (χ1n) is 9.62. The lowest BCUT2D eigenvalue weighted by molar-refractivity contribution is -0.0926. The molecule has 1 saturated heterocycles. The molecule has 2 aliphatic heterocycles. The number of anilines is 1. The van der Waals surface area contributed by atoms with Crippen LogP contribution in [0, 0.1) is 6.92 Å². The molecule has 0 aromatic carbocycles. The number of carbonyl (C=O) groups excluding carboxylic acids is 1. The predicted octanol–water partition coefficient (Wildman–Crippen LogP) is 2.79. The minimum Gasteiger partial charge on any atom is -0.382 e. The lowest BCUT2D eigenvalue weighted by Crippen LogP contribution is -2.48. The number of likely N-dealkylation sites (tertiary alicyclic amines) is 1. The van der Waals surface area contributed by atoms with Gasteiger partial charge < -0.3 is 19.9 Å². The maximum absolute atomic E-state index is 12.7. The summed E-state index contributed by atoms with van der Waals surface area (Å²) in [5.74, 6) is 0.962. The van der Waals surface area contributed by atoms with E-state index in [0.717, 1.165) is 29.8 Å². The van der Waals surface area contributed by atoms with Crippen molar-refractivity contribution in [2.24, 2.45) is 0 Å². The third-order valence-electron chi connectivity index (χ3n) is 5.64. The van der Waals surface area contributed by atoms with Gasteiger partial charge in [0.2, 0.25) is 0 Å². The maximum atomic E-state index is 12.7. The van der Waals surface area contributed by atoms with Crippen LogP contribution in [-0.4, -0.2) is 45.6 Å². The quantitative estimate of drug-likeness (QED) is 0.691. The highest BCUT2D eigenvalue weighted by molar-refractivity contribution is 7.15. The fraction of sp³-hybridized carbons (Fsp3) is 0.400. The van der Waals surface area contributed by atoms with Gasteiger partial charge in [-0.1, -0.05) is 5.16 Å². The number of carbonyl (C=O) groups is 1. The summed E-state index contributed by atoms with van der Waals surface area (Å²) < 4.78 is 11.4. The number of aromatic nitrogens is 3. The van der Waals surface area contributed by atoms with Crippen molar-refractivity contribution in [3.05, 3.63) is 46.4 Å². The Morgan fingerprint density at radius 3 is 2.76 bits per heavy atom. The van der Waals surface area contributed by atoms with Crippen molar-refractivity contribution in [1.82, 2.24) is 20.0 Å². The molecule has 3 aromatic heterocycles. The highest BCUT2D eigenvalue weighted by Crippen LogP contribution is 2.46. The van der Waals surface area contributed by atoms with Gasteiger partial charge in [-0.05, 0) is 31.4 Å². The number of rotatable bonds is 2. The summed E-state index contributed by atoms with van der Waals surface area (Å²) in [6, 6.07) is 3.86. The lowest BCUT2D eigenvalue weighted by Gasteiger charge is -2.43. The second kappa shape index (κ2) is 6.93. The molecule has 2 N–H and O–H groups in total. The lowest BCUT2D eigenvalue weighted by atomic mass is 9.82. The van der Waals surface area contributed by atoms with E-state index in [9.17, 15) is 4.79 Å². The van der Waals surface area contributed by atoms with E-state index in [1.54, 1.807) is 36.7 Å². The Labute approximate surface area is 171 Å². The van der Waals surface area contributed by atoms with Crippen LogP contribution in [0.1, 0.15) is 39.5 Å². The molecule has 5 rings (SSSR count). The first-order chi connectivity index (χ1) is 14.0. The maximum Gasteiger partial charge on any atom is 0.276 e. The molecule has 0 aliphatic carbocycles. The van der Waals surface area contributed by atoms with Crippen molar-refractivity contribution in [1.29, 1.82) is 0 Å². The third-order valence-corrected chi connectivity index (χ3v) is 6.85. The first kappa shape index (κ1) is 18.3. The molecule has 0 saturated carbocycles. The highest BCUT2D eigenvalue weighted by Gasteiger charge is 2.43. The molecule has 0 bridgehead atoms. The molecule has 0 radical (unpaired) electrons. The second-order valence-corrected chi connectivity index (χ2v) is 8.62. The molecular formula is C20H21N5O3S. The third kappa shape index (κ3) is 3.20. The first-order valence-corrected chi connectivity index (χ1v) is 10.4. The Kier molecular flexibility index (Phi) is 4.36. The molecule has 1 spiro atoms. The number of amides is 1. The monoisotopic (exact) mass is 411 g/mol. The number of hydrogen-bond acceptors (Lipinski definition) is 8. The van der Waals surface area contributed by atoms with E-state index in [4.69, 9.17) is 15.0 Å². The van der Waals surface area contributed by atoms with E-state index in [-0.39, 0.29) is 11.5 Å². The fourth-order valence-corrected chi connectivity index (χ4v) is 5.31. The van der Waals surface area contributed by atoms with Gasteiger partial charge in [-0.15, -0.1) is 11.3 Å². The van der Waals surface area contributed by atoms with Crippen molar-refractivity contribution in [3.8, 4) is 10.6 Å². The van der Waals surface area contributed by atoms with Crippen LogP contribution in [-0.2, 0) is 16.8 Å². The zero-order valence-corrected chi connectivity index (χ0v) is 16.9. The van der Waals surface area contributed by atoms with Gasteiger partial charge in [-0.3, -0.25) is 4.79 Å². The van der Waals surface area contributed by atoms with Gasteiger partial charge in [-0.25, -0.2) is 9.97 Å². The largest absolute Gasteiger partial charge is 0.382 e. The number of hydrogen-bond donors (Lipinski definition) is 1. The topological polar surface area (TPSA) is 107 Å². The van der Waals surface area contributed by atoms with E-state index in [2.05, 4.69) is 21.2 Å². The standard InChI is InChI=1S/C20H21N5O3S/c1-12-8-14(24-28-12)19(26)25-5-3-20(4-6-25)13-9-17(29-16(13)2-7-27-20)15-10-23-18(21)11-22-15/h8-11H,2-7H2,1H3,(H2,21,23). The average Bonchev–Trinajstić information content (AvgIpc) is 3.36. The van der Waals surface area contributed by atoms with Crippen LogP contribution >= 0.6 is 11.3 Å². The Morgan fingerprint density at radius 1 is 1.24 bits per heavy atom. The molecule has 0 atom stereocenters. The van der Waals surface area contributed by atoms with Crippen LogP contribution < -0.4 is 5.73 Å². The Balaban J connectivity index is 1.38. The number of fused-ring (bicyclic) bond motifs is 2. The second-order valence-electron chi connectivity index (χ2n) is 7.48. The van der Waals surface area contributed by atoms with Gasteiger partial charge in [0.1, 0.15) is 11.6 Å². The summed E-state index contributed by atoms with van der Waals surface area (Å²) in [5.41, 5.74) is 7.73. The van der Waals surface area contributed by atoms with Gasteiger partial charge >= 0.3 is 0 Å². The van der Waals surface area contributed by atoms with Crippen molar-refractivity contribution in [2.75, 3.05) is 25.4 Å². The molecule has 150 valence electrons. The van der Waals surface area contributed by atoms with Crippen LogP contribution in [0.4, 0.5) is 5.82 Å². The summed E-state index contributed by atoms with van der Waals surface area (Å²) in [6.45, 7) is 3.72. The summed E-state index contributed by atoms with van der Waals surface area (Å²) in [4.78, 5) is 25.5. The molecule has 8 nitrogen and oxygen atoms in total. The van der Waals surface area contributed by atoms with Gasteiger partial charge in [0.15, 0.2) is 5.69 Å². The molecule has 5 heterocycles. The number of nitrogens with two attached hydrogens (primary N) is 1. The van der Waals surface area contributed by atoms with Crippen molar-refractivity contribution in [3.63, 3.8) is 0 Å². The molecular weight excluding hydrogens is 390 g/mol. The van der Waals surface area contributed by atoms with Crippen molar-refractivity contribution < 1.29 is 14.1 Å². The van der Waals surface area contributed by atoms with Crippen LogP contribution in [0.2, 0.25) is 0 Å². The van der Waals surface area contributed by atoms with Crippen molar-refractivity contribution in [2.45, 2.75) is 31.8 Å². The minimum atomic E-state index is -0.347. The Morgan fingerprint density at radius 2 is 2.07 bits per heavy atom. The zero-order chi connectivity index (χ0) is 20.0. The zero-order valence-electron chi connectivity index (χ0n) is 16.1.